The number of allylic oxidation sites excluding steroid dienone is 2. The van der Waals surface area contributed by atoms with E-state index in [1.54, 1.807) is 0 Å². The van der Waals surface area contributed by atoms with E-state index in [2.05, 4.69) is 19.1 Å². The third-order valence-corrected chi connectivity index (χ3v) is 4.77. The van der Waals surface area contributed by atoms with Gasteiger partial charge in [0, 0.05) is 11.8 Å². The lowest BCUT2D eigenvalue weighted by Crippen LogP contribution is -2.36. The quantitative estimate of drug-likeness (QED) is 0.767. The van der Waals surface area contributed by atoms with Crippen LogP contribution in [-0.2, 0) is 16.6 Å². The number of aryl methyl sites for hydroxylation is 1. The van der Waals surface area contributed by atoms with Gasteiger partial charge in [0.25, 0.3) is 0 Å². The highest BCUT2D eigenvalue weighted by Crippen LogP contribution is 2.49. The number of rotatable bonds is 1. The zero-order valence-corrected chi connectivity index (χ0v) is 11.2. The summed E-state index contributed by atoms with van der Waals surface area (Å²) in [5, 5.41) is 9.02. The van der Waals surface area contributed by atoms with Gasteiger partial charge in [0.2, 0.25) is 0 Å². The number of carbonyl (C=O) groups excluding carboxylic acids is 1. The summed E-state index contributed by atoms with van der Waals surface area (Å²) in [6.45, 7) is 2.21. The van der Waals surface area contributed by atoms with E-state index in [1.165, 1.54) is 16.7 Å². The topological polar surface area (TPSA) is 40.9 Å². The molecule has 1 atom stereocenters. The maximum Gasteiger partial charge on any atom is 0.155 e. The maximum absolute atomic E-state index is 11.7. The zero-order valence-electron chi connectivity index (χ0n) is 11.2. The van der Waals surface area contributed by atoms with Gasteiger partial charge in [-0.3, -0.25) is 4.79 Å². The van der Waals surface area contributed by atoms with E-state index in [0.717, 1.165) is 31.2 Å². The van der Waals surface area contributed by atoms with Crippen LogP contribution < -0.4 is 0 Å². The lowest BCUT2D eigenvalue weighted by atomic mass is 9.60. The molecule has 2 nitrogen and oxygen atoms in total. The second-order valence-corrected chi connectivity index (χ2v) is 5.56. The molecule has 0 N–H and O–H groups in total. The van der Waals surface area contributed by atoms with Crippen LogP contribution in [0, 0.1) is 11.3 Å². The van der Waals surface area contributed by atoms with Crippen molar-refractivity contribution in [1.29, 1.82) is 5.26 Å². The molecule has 0 bridgehead atoms. The highest BCUT2D eigenvalue weighted by molar-refractivity contribution is 5.92. The standard InChI is InChI=1S/C17H17NO/c1-2-17-8-7-15(19)10-14(17)5-4-13-9-12(11-18)3-6-16(13)17/h3,6,9-10H,2,4-5,7-8H2,1H3. The van der Waals surface area contributed by atoms with Crippen molar-refractivity contribution in [2.75, 3.05) is 0 Å². The van der Waals surface area contributed by atoms with Crippen LogP contribution in [0.2, 0.25) is 0 Å². The molecule has 3 rings (SSSR count). The summed E-state index contributed by atoms with van der Waals surface area (Å²) in [6.07, 6.45) is 6.40. The first-order valence-corrected chi connectivity index (χ1v) is 6.97. The van der Waals surface area contributed by atoms with Gasteiger partial charge in [0.15, 0.2) is 5.78 Å². The van der Waals surface area contributed by atoms with Gasteiger partial charge in [-0.1, -0.05) is 18.6 Å². The van der Waals surface area contributed by atoms with E-state index >= 15 is 0 Å². The van der Waals surface area contributed by atoms with Crippen LogP contribution in [0.1, 0.15) is 49.3 Å². The summed E-state index contributed by atoms with van der Waals surface area (Å²) >= 11 is 0. The third-order valence-electron chi connectivity index (χ3n) is 4.77. The first kappa shape index (κ1) is 12.2. The predicted octanol–water partition coefficient (Wildman–Crippen LogP) is 3.44. The molecule has 0 saturated carbocycles. The number of hydrogen-bond acceptors (Lipinski definition) is 2. The number of ketones is 1. The van der Waals surface area contributed by atoms with Gasteiger partial charge in [0.05, 0.1) is 11.6 Å². The fourth-order valence-corrected chi connectivity index (χ4v) is 3.72. The minimum Gasteiger partial charge on any atom is -0.295 e. The van der Waals surface area contributed by atoms with Crippen molar-refractivity contribution in [3.8, 4) is 6.07 Å². The van der Waals surface area contributed by atoms with Crippen LogP contribution in [-0.4, -0.2) is 5.78 Å². The van der Waals surface area contributed by atoms with Crippen LogP contribution in [0.5, 0.6) is 0 Å². The predicted molar refractivity (Wildman–Crippen MR) is 73.8 cm³/mol. The van der Waals surface area contributed by atoms with Crippen molar-refractivity contribution in [1.82, 2.24) is 0 Å². The molecule has 0 fully saturated rings. The summed E-state index contributed by atoms with van der Waals surface area (Å²) in [7, 11) is 0. The van der Waals surface area contributed by atoms with E-state index < -0.39 is 0 Å². The molecule has 1 unspecified atom stereocenters. The number of nitriles is 1. The molecule has 0 saturated heterocycles. The molecular weight excluding hydrogens is 234 g/mol. The Morgan fingerprint density at radius 3 is 2.89 bits per heavy atom. The molecule has 0 spiro atoms. The van der Waals surface area contributed by atoms with E-state index in [1.807, 2.05) is 18.2 Å². The van der Waals surface area contributed by atoms with Crippen LogP contribution >= 0.6 is 0 Å². The highest BCUT2D eigenvalue weighted by Gasteiger charge is 2.41. The van der Waals surface area contributed by atoms with Crippen LogP contribution in [0.4, 0.5) is 0 Å². The zero-order chi connectivity index (χ0) is 13.5. The smallest absolute Gasteiger partial charge is 0.155 e. The molecular formula is C17H17NO. The monoisotopic (exact) mass is 251 g/mol. The average Bonchev–Trinajstić information content (AvgIpc) is 2.46. The normalized spacial score (nSPS) is 25.1. The minimum atomic E-state index is 0.0511. The molecule has 0 radical (unpaired) electrons. The summed E-state index contributed by atoms with van der Waals surface area (Å²) in [6, 6.07) is 8.27. The van der Waals surface area contributed by atoms with E-state index in [4.69, 9.17) is 5.26 Å². The van der Waals surface area contributed by atoms with Gasteiger partial charge in [-0.15, -0.1) is 0 Å². The Balaban J connectivity index is 2.18. The van der Waals surface area contributed by atoms with Crippen molar-refractivity contribution in [2.45, 2.75) is 44.4 Å². The van der Waals surface area contributed by atoms with Gasteiger partial charge in [-0.05, 0) is 55.0 Å². The molecule has 2 aliphatic carbocycles. The van der Waals surface area contributed by atoms with Gasteiger partial charge in [0.1, 0.15) is 0 Å². The van der Waals surface area contributed by atoms with Crippen molar-refractivity contribution >= 4 is 5.78 Å². The molecule has 19 heavy (non-hydrogen) atoms. The minimum absolute atomic E-state index is 0.0511. The fourth-order valence-electron chi connectivity index (χ4n) is 3.72. The summed E-state index contributed by atoms with van der Waals surface area (Å²) in [4.78, 5) is 11.7. The number of nitrogens with zero attached hydrogens (tertiary/aromatic N) is 1. The van der Waals surface area contributed by atoms with E-state index in [0.29, 0.717) is 6.42 Å². The van der Waals surface area contributed by atoms with Crippen LogP contribution in [0.3, 0.4) is 0 Å². The molecule has 2 aliphatic rings. The third kappa shape index (κ3) is 1.73. The molecule has 2 heteroatoms. The molecule has 0 aliphatic heterocycles. The van der Waals surface area contributed by atoms with E-state index in [-0.39, 0.29) is 11.2 Å². The maximum atomic E-state index is 11.7. The van der Waals surface area contributed by atoms with E-state index in [9.17, 15) is 4.79 Å². The second kappa shape index (κ2) is 4.35. The van der Waals surface area contributed by atoms with Gasteiger partial charge in [-0.2, -0.15) is 5.26 Å². The van der Waals surface area contributed by atoms with Crippen molar-refractivity contribution in [3.63, 3.8) is 0 Å². The van der Waals surface area contributed by atoms with Gasteiger partial charge in [-0.25, -0.2) is 0 Å². The number of fused-ring (bicyclic) bond motifs is 3. The Kier molecular flexibility index (Phi) is 2.78. The molecule has 96 valence electrons. The van der Waals surface area contributed by atoms with Crippen LogP contribution in [0.15, 0.2) is 29.8 Å². The number of carbonyl (C=O) groups is 1. The average molecular weight is 251 g/mol. The Morgan fingerprint density at radius 2 is 2.16 bits per heavy atom. The van der Waals surface area contributed by atoms with Crippen molar-refractivity contribution in [3.05, 3.63) is 46.5 Å². The lowest BCUT2D eigenvalue weighted by molar-refractivity contribution is -0.115. The van der Waals surface area contributed by atoms with Gasteiger partial charge < -0.3 is 0 Å². The summed E-state index contributed by atoms with van der Waals surface area (Å²) in [5.41, 5.74) is 4.74. The molecule has 0 amide bonds. The largest absolute Gasteiger partial charge is 0.295 e. The van der Waals surface area contributed by atoms with Crippen molar-refractivity contribution in [2.24, 2.45) is 0 Å². The molecule has 0 aromatic heterocycles. The Labute approximate surface area is 113 Å². The van der Waals surface area contributed by atoms with Gasteiger partial charge >= 0.3 is 0 Å². The fraction of sp³-hybridized carbons (Fsp3) is 0.412. The SMILES string of the molecule is CCC12CCC(=O)C=C1CCc1cc(C#N)ccc12. The highest BCUT2D eigenvalue weighted by atomic mass is 16.1. The lowest BCUT2D eigenvalue weighted by Gasteiger charge is -2.43. The first-order valence-electron chi connectivity index (χ1n) is 6.97. The summed E-state index contributed by atoms with van der Waals surface area (Å²) < 4.78 is 0. The second-order valence-electron chi connectivity index (χ2n) is 5.56. The number of benzene rings is 1. The van der Waals surface area contributed by atoms with Crippen molar-refractivity contribution < 1.29 is 4.79 Å². The Morgan fingerprint density at radius 1 is 1.32 bits per heavy atom. The Bertz CT molecular complexity index is 621. The summed E-state index contributed by atoms with van der Waals surface area (Å²) in [5.74, 6) is 0.274. The number of hydrogen-bond donors (Lipinski definition) is 0. The van der Waals surface area contributed by atoms with Crippen LogP contribution in [0.25, 0.3) is 0 Å². The first-order chi connectivity index (χ1) is 9.19. The Hall–Kier alpha value is -1.88. The molecule has 0 heterocycles. The molecule has 1 aromatic carbocycles. The molecule has 1 aromatic rings.